The van der Waals surface area contributed by atoms with Crippen LogP contribution in [0.3, 0.4) is 0 Å². The predicted octanol–water partition coefficient (Wildman–Crippen LogP) is 3.42. The van der Waals surface area contributed by atoms with Crippen LogP contribution in [0.25, 0.3) is 0 Å². The van der Waals surface area contributed by atoms with E-state index >= 15 is 0 Å². The van der Waals surface area contributed by atoms with Crippen LogP contribution in [-0.4, -0.2) is 19.5 Å². The summed E-state index contributed by atoms with van der Waals surface area (Å²) in [7, 11) is 3.34. The molecule has 0 saturated heterocycles. The summed E-state index contributed by atoms with van der Waals surface area (Å²) in [5.41, 5.74) is 8.88. The molecule has 3 nitrogen and oxygen atoms in total. The second-order valence-corrected chi connectivity index (χ2v) is 6.35. The maximum absolute atomic E-state index is 6.55. The zero-order valence-electron chi connectivity index (χ0n) is 12.2. The van der Waals surface area contributed by atoms with Crippen LogP contribution < -0.4 is 15.2 Å². The molecule has 3 rings (SSSR count). The van der Waals surface area contributed by atoms with Gasteiger partial charge in [0.15, 0.2) is 0 Å². The second kappa shape index (κ2) is 6.00. The highest BCUT2D eigenvalue weighted by Gasteiger charge is 2.31. The van der Waals surface area contributed by atoms with E-state index in [1.165, 1.54) is 10.5 Å². The summed E-state index contributed by atoms with van der Waals surface area (Å²) in [6, 6.07) is 14.1. The molecule has 1 aliphatic heterocycles. The average molecular weight is 301 g/mol. The predicted molar refractivity (Wildman–Crippen MR) is 86.3 cm³/mol. The van der Waals surface area contributed by atoms with Crippen molar-refractivity contribution in [1.29, 1.82) is 0 Å². The summed E-state index contributed by atoms with van der Waals surface area (Å²) in [6.45, 7) is 0. The minimum absolute atomic E-state index is 0.131. The van der Waals surface area contributed by atoms with Gasteiger partial charge in [0.05, 0.1) is 19.8 Å². The Labute approximate surface area is 129 Å². The van der Waals surface area contributed by atoms with Gasteiger partial charge in [-0.05, 0) is 30.2 Å². The molecule has 1 aliphatic rings. The third-order valence-corrected chi connectivity index (χ3v) is 5.29. The zero-order valence-corrected chi connectivity index (χ0v) is 13.0. The monoisotopic (exact) mass is 301 g/mol. The number of thioether (sulfide) groups is 1. The quantitative estimate of drug-likeness (QED) is 0.940. The molecule has 2 N–H and O–H groups in total. The number of benzene rings is 2. The van der Waals surface area contributed by atoms with Crippen LogP contribution in [0.5, 0.6) is 11.5 Å². The van der Waals surface area contributed by atoms with E-state index in [1.54, 1.807) is 14.2 Å². The van der Waals surface area contributed by atoms with Crippen molar-refractivity contribution in [2.45, 2.75) is 22.6 Å². The summed E-state index contributed by atoms with van der Waals surface area (Å²) in [5.74, 6) is 1.58. The summed E-state index contributed by atoms with van der Waals surface area (Å²) >= 11 is 1.84. The lowest BCUT2D eigenvalue weighted by Gasteiger charge is -2.23. The molecule has 2 aromatic rings. The average Bonchev–Trinajstić information content (AvgIpc) is 2.97. The molecule has 1 heterocycles. The standard InChI is InChI=1S/C17H19NO2S/c1-19-12-7-5-8-13(20-2)16(12)17(18)15-10-11-6-3-4-9-14(11)21-15/h3-9,15,17H,10,18H2,1-2H3. The van der Waals surface area contributed by atoms with Crippen molar-refractivity contribution in [2.24, 2.45) is 5.73 Å². The zero-order chi connectivity index (χ0) is 14.8. The molecule has 0 fully saturated rings. The van der Waals surface area contributed by atoms with E-state index in [0.717, 1.165) is 23.5 Å². The van der Waals surface area contributed by atoms with Crippen molar-refractivity contribution < 1.29 is 9.47 Å². The summed E-state index contributed by atoms with van der Waals surface area (Å²) < 4.78 is 11.0. The van der Waals surface area contributed by atoms with Crippen molar-refractivity contribution in [3.63, 3.8) is 0 Å². The SMILES string of the molecule is COc1cccc(OC)c1C(N)C1Cc2ccccc2S1. The Morgan fingerprint density at radius 1 is 1.05 bits per heavy atom. The maximum Gasteiger partial charge on any atom is 0.127 e. The highest BCUT2D eigenvalue weighted by atomic mass is 32.2. The topological polar surface area (TPSA) is 44.5 Å². The fourth-order valence-electron chi connectivity index (χ4n) is 2.80. The van der Waals surface area contributed by atoms with Crippen LogP contribution in [0.4, 0.5) is 0 Å². The fourth-order valence-corrected chi connectivity index (χ4v) is 4.14. The lowest BCUT2D eigenvalue weighted by atomic mass is 9.98. The first-order chi connectivity index (χ1) is 10.2. The van der Waals surface area contributed by atoms with E-state index in [4.69, 9.17) is 15.2 Å². The molecule has 0 saturated carbocycles. The van der Waals surface area contributed by atoms with Gasteiger partial charge >= 0.3 is 0 Å². The van der Waals surface area contributed by atoms with E-state index in [-0.39, 0.29) is 6.04 Å². The first-order valence-electron chi connectivity index (χ1n) is 6.95. The number of methoxy groups -OCH3 is 2. The van der Waals surface area contributed by atoms with E-state index < -0.39 is 0 Å². The van der Waals surface area contributed by atoms with Gasteiger partial charge in [-0.1, -0.05) is 24.3 Å². The molecule has 110 valence electrons. The number of hydrogen-bond acceptors (Lipinski definition) is 4. The molecule has 0 amide bonds. The van der Waals surface area contributed by atoms with Crippen molar-refractivity contribution >= 4 is 11.8 Å². The number of rotatable bonds is 4. The van der Waals surface area contributed by atoms with Gasteiger partial charge in [-0.25, -0.2) is 0 Å². The van der Waals surface area contributed by atoms with Crippen molar-refractivity contribution in [3.05, 3.63) is 53.6 Å². The van der Waals surface area contributed by atoms with E-state index in [1.807, 2.05) is 30.0 Å². The van der Waals surface area contributed by atoms with Crippen LogP contribution in [0.15, 0.2) is 47.4 Å². The van der Waals surface area contributed by atoms with Gasteiger partial charge in [-0.15, -0.1) is 11.8 Å². The van der Waals surface area contributed by atoms with Gasteiger partial charge in [0.2, 0.25) is 0 Å². The van der Waals surface area contributed by atoms with Gasteiger partial charge in [-0.2, -0.15) is 0 Å². The molecular formula is C17H19NO2S. The van der Waals surface area contributed by atoms with Gasteiger partial charge in [0, 0.05) is 16.2 Å². The molecule has 0 aromatic heterocycles. The van der Waals surface area contributed by atoms with Crippen molar-refractivity contribution in [2.75, 3.05) is 14.2 Å². The molecule has 2 atom stereocenters. The molecule has 0 radical (unpaired) electrons. The fraction of sp³-hybridized carbons (Fsp3) is 0.294. The highest BCUT2D eigenvalue weighted by molar-refractivity contribution is 8.00. The van der Waals surface area contributed by atoms with Gasteiger partial charge < -0.3 is 15.2 Å². The molecule has 0 bridgehead atoms. The third kappa shape index (κ3) is 2.61. The molecule has 0 spiro atoms. The molecule has 0 aliphatic carbocycles. The van der Waals surface area contributed by atoms with E-state index in [0.29, 0.717) is 5.25 Å². The number of fused-ring (bicyclic) bond motifs is 1. The Morgan fingerprint density at radius 2 is 1.71 bits per heavy atom. The minimum atomic E-state index is -0.131. The summed E-state index contributed by atoms with van der Waals surface area (Å²) in [4.78, 5) is 1.33. The minimum Gasteiger partial charge on any atom is -0.496 e. The number of hydrogen-bond donors (Lipinski definition) is 1. The Kier molecular flexibility index (Phi) is 4.08. The van der Waals surface area contributed by atoms with Crippen molar-refractivity contribution in [1.82, 2.24) is 0 Å². The first kappa shape index (κ1) is 14.3. The van der Waals surface area contributed by atoms with E-state index in [9.17, 15) is 0 Å². The molecule has 2 aromatic carbocycles. The molecule has 21 heavy (non-hydrogen) atoms. The van der Waals surface area contributed by atoms with Gasteiger partial charge in [0.1, 0.15) is 11.5 Å². The smallest absolute Gasteiger partial charge is 0.127 e. The van der Waals surface area contributed by atoms with Crippen LogP contribution in [-0.2, 0) is 6.42 Å². The van der Waals surface area contributed by atoms with Crippen LogP contribution in [0.2, 0.25) is 0 Å². The van der Waals surface area contributed by atoms with Crippen LogP contribution >= 0.6 is 11.8 Å². The molecular weight excluding hydrogens is 282 g/mol. The Bertz CT molecular complexity index is 597. The Hall–Kier alpha value is -1.65. The maximum atomic E-state index is 6.55. The Morgan fingerprint density at radius 3 is 2.33 bits per heavy atom. The number of nitrogens with two attached hydrogens (primary N) is 1. The van der Waals surface area contributed by atoms with Crippen LogP contribution in [0, 0.1) is 0 Å². The highest BCUT2D eigenvalue weighted by Crippen LogP contribution is 2.45. The van der Waals surface area contributed by atoms with Gasteiger partial charge in [0.25, 0.3) is 0 Å². The normalized spacial score (nSPS) is 18.1. The Balaban J connectivity index is 1.92. The lowest BCUT2D eigenvalue weighted by Crippen LogP contribution is -2.24. The summed E-state index contributed by atoms with van der Waals surface area (Å²) in [6.07, 6.45) is 0.975. The second-order valence-electron chi connectivity index (χ2n) is 5.07. The first-order valence-corrected chi connectivity index (χ1v) is 7.83. The largest absolute Gasteiger partial charge is 0.496 e. The lowest BCUT2D eigenvalue weighted by molar-refractivity contribution is 0.378. The van der Waals surface area contributed by atoms with Gasteiger partial charge in [-0.3, -0.25) is 0 Å². The van der Waals surface area contributed by atoms with Crippen LogP contribution in [0.1, 0.15) is 17.2 Å². The third-order valence-electron chi connectivity index (χ3n) is 3.87. The van der Waals surface area contributed by atoms with E-state index in [2.05, 4.69) is 24.3 Å². The molecule has 2 unspecified atom stereocenters. The summed E-state index contributed by atoms with van der Waals surface area (Å²) in [5, 5.41) is 0.299. The van der Waals surface area contributed by atoms with Crippen molar-refractivity contribution in [3.8, 4) is 11.5 Å². The number of ether oxygens (including phenoxy) is 2. The molecule has 4 heteroatoms.